The Morgan fingerprint density at radius 2 is 2.14 bits per heavy atom. The number of carbonyl (C=O) groups is 1. The highest BCUT2D eigenvalue weighted by atomic mass is 16.5. The van der Waals surface area contributed by atoms with E-state index >= 15 is 0 Å². The van der Waals surface area contributed by atoms with Crippen molar-refractivity contribution >= 4 is 16.9 Å². The summed E-state index contributed by atoms with van der Waals surface area (Å²) in [4.78, 5) is 12.2. The number of ether oxygens (including phenoxy) is 1. The summed E-state index contributed by atoms with van der Waals surface area (Å²) >= 11 is 0. The van der Waals surface area contributed by atoms with Gasteiger partial charge >= 0.3 is 5.97 Å². The monoisotopic (exact) mass is 300 g/mol. The van der Waals surface area contributed by atoms with Crippen LogP contribution in [-0.4, -0.2) is 34.0 Å². The lowest BCUT2D eigenvalue weighted by Gasteiger charge is -2.37. The van der Waals surface area contributed by atoms with Gasteiger partial charge in [-0.05, 0) is 30.9 Å². The molecule has 0 aliphatic carbocycles. The van der Waals surface area contributed by atoms with Gasteiger partial charge in [-0.15, -0.1) is 0 Å². The Morgan fingerprint density at radius 3 is 2.95 bits per heavy atom. The average molecular weight is 300 g/mol. The summed E-state index contributed by atoms with van der Waals surface area (Å²) in [6.07, 6.45) is 2.42. The Kier molecular flexibility index (Phi) is 3.20. The average Bonchev–Trinajstić information content (AvgIpc) is 2.82. The van der Waals surface area contributed by atoms with Crippen molar-refractivity contribution in [3.63, 3.8) is 0 Å². The van der Waals surface area contributed by atoms with Crippen LogP contribution in [0.4, 0.5) is 0 Å². The molecule has 116 valence electrons. The maximum Gasteiger partial charge on any atom is 0.311 e. The van der Waals surface area contributed by atoms with Crippen molar-refractivity contribution in [2.45, 2.75) is 25.3 Å². The minimum atomic E-state index is -0.311. The third kappa shape index (κ3) is 1.89. The zero-order valence-electron chi connectivity index (χ0n) is 12.7. The number of cyclic esters (lactones) is 1. The second-order valence-corrected chi connectivity index (χ2v) is 6.21. The fourth-order valence-corrected chi connectivity index (χ4v) is 4.02. The van der Waals surface area contributed by atoms with E-state index in [1.54, 1.807) is 0 Å². The van der Waals surface area contributed by atoms with Crippen LogP contribution in [0.3, 0.4) is 0 Å². The molecule has 3 heterocycles. The van der Waals surface area contributed by atoms with Crippen molar-refractivity contribution in [3.8, 4) is 0 Å². The van der Waals surface area contributed by atoms with E-state index in [1.165, 1.54) is 16.0 Å². The van der Waals surface area contributed by atoms with E-state index in [-0.39, 0.29) is 17.9 Å². The summed E-state index contributed by atoms with van der Waals surface area (Å²) in [7, 11) is 2.02. The van der Waals surface area contributed by atoms with Gasteiger partial charge in [-0.2, -0.15) is 5.06 Å². The minimum Gasteiger partial charge on any atom is -0.465 e. The molecule has 2 aromatic rings. The Balaban J connectivity index is 1.89. The molecule has 0 radical (unpaired) electrons. The number of nitrogens with zero attached hydrogens (tertiary/aromatic N) is 2. The Hall–Kier alpha value is -1.85. The number of hydrogen-bond acceptors (Lipinski definition) is 4. The zero-order valence-corrected chi connectivity index (χ0v) is 12.7. The van der Waals surface area contributed by atoms with E-state index in [4.69, 9.17) is 4.74 Å². The lowest BCUT2D eigenvalue weighted by atomic mass is 9.86. The summed E-state index contributed by atoms with van der Waals surface area (Å²) in [6, 6.07) is 7.96. The highest BCUT2D eigenvalue weighted by Gasteiger charge is 2.41. The molecule has 2 atom stereocenters. The highest BCUT2D eigenvalue weighted by molar-refractivity contribution is 5.86. The lowest BCUT2D eigenvalue weighted by Crippen LogP contribution is -2.42. The molecule has 0 spiro atoms. The van der Waals surface area contributed by atoms with Crippen molar-refractivity contribution in [2.24, 2.45) is 13.0 Å². The number of aryl methyl sites for hydroxylation is 1. The molecule has 4 rings (SSSR count). The van der Waals surface area contributed by atoms with Crippen LogP contribution in [-0.2, 0) is 23.0 Å². The summed E-state index contributed by atoms with van der Waals surface area (Å²) in [5.74, 6) is -0.478. The normalized spacial score (nSPS) is 26.0. The first-order valence-corrected chi connectivity index (χ1v) is 7.87. The van der Waals surface area contributed by atoms with E-state index in [9.17, 15) is 10.0 Å². The predicted molar refractivity (Wildman–Crippen MR) is 81.5 cm³/mol. The zero-order chi connectivity index (χ0) is 15.3. The van der Waals surface area contributed by atoms with Crippen molar-refractivity contribution in [3.05, 3.63) is 35.5 Å². The number of benzene rings is 1. The largest absolute Gasteiger partial charge is 0.465 e. The molecule has 5 heteroatoms. The van der Waals surface area contributed by atoms with Crippen molar-refractivity contribution < 1.29 is 14.7 Å². The maximum absolute atomic E-state index is 12.2. The molecule has 1 saturated heterocycles. The van der Waals surface area contributed by atoms with Crippen molar-refractivity contribution in [1.29, 1.82) is 0 Å². The summed E-state index contributed by atoms with van der Waals surface area (Å²) in [5, 5.41) is 13.0. The SMILES string of the molecule is Cn1c2c(c3ccccc31)CCN(O)C2C1CCCOC1=O. The first-order chi connectivity index (χ1) is 10.7. The standard InChI is InChI=1S/C17H20N2O3/c1-18-14-7-3-2-5-11(14)12-8-9-19(21)16(15(12)18)13-6-4-10-22-17(13)20/h2-3,5,7,13,16,21H,4,6,8-10H2,1H3. The molecule has 0 bridgehead atoms. The minimum absolute atomic E-state index is 0.187. The fraction of sp³-hybridized carbons (Fsp3) is 0.471. The Bertz CT molecular complexity index is 737. The molecule has 1 aromatic carbocycles. The predicted octanol–water partition coefficient (Wildman–Crippen LogP) is 2.42. The lowest BCUT2D eigenvalue weighted by molar-refractivity contribution is -0.180. The highest BCUT2D eigenvalue weighted by Crippen LogP contribution is 2.41. The molecular formula is C17H20N2O3. The third-order valence-corrected chi connectivity index (χ3v) is 5.04. The molecule has 1 fully saturated rings. The number of hydroxylamine groups is 2. The molecule has 2 aliphatic heterocycles. The second kappa shape index (κ2) is 5.11. The number of carbonyl (C=O) groups excluding carboxylic acids is 1. The second-order valence-electron chi connectivity index (χ2n) is 6.21. The van der Waals surface area contributed by atoms with Gasteiger partial charge in [-0.25, -0.2) is 0 Å². The van der Waals surface area contributed by atoms with Crippen LogP contribution in [0.5, 0.6) is 0 Å². The number of esters is 1. The first kappa shape index (κ1) is 13.8. The topological polar surface area (TPSA) is 54.7 Å². The van der Waals surface area contributed by atoms with Crippen LogP contribution >= 0.6 is 0 Å². The number of fused-ring (bicyclic) bond motifs is 3. The Labute approximate surface area is 129 Å². The van der Waals surface area contributed by atoms with E-state index in [0.717, 1.165) is 30.5 Å². The van der Waals surface area contributed by atoms with Crippen molar-refractivity contribution in [1.82, 2.24) is 9.63 Å². The third-order valence-electron chi connectivity index (χ3n) is 5.04. The van der Waals surface area contributed by atoms with Gasteiger partial charge in [0, 0.05) is 30.2 Å². The molecule has 22 heavy (non-hydrogen) atoms. The number of para-hydroxylation sites is 1. The number of aromatic nitrogens is 1. The van der Waals surface area contributed by atoms with Crippen LogP contribution in [0.1, 0.15) is 30.1 Å². The molecule has 1 N–H and O–H groups in total. The van der Waals surface area contributed by atoms with Gasteiger partial charge < -0.3 is 14.5 Å². The molecule has 5 nitrogen and oxygen atoms in total. The first-order valence-electron chi connectivity index (χ1n) is 7.87. The molecule has 0 saturated carbocycles. The number of rotatable bonds is 1. The van der Waals surface area contributed by atoms with Crippen molar-refractivity contribution in [2.75, 3.05) is 13.2 Å². The van der Waals surface area contributed by atoms with Gasteiger partial charge in [0.05, 0.1) is 18.6 Å². The quantitative estimate of drug-likeness (QED) is 0.822. The summed E-state index contributed by atoms with van der Waals surface area (Å²) in [6.45, 7) is 1.05. The summed E-state index contributed by atoms with van der Waals surface area (Å²) < 4.78 is 7.36. The Morgan fingerprint density at radius 1 is 1.32 bits per heavy atom. The van der Waals surface area contributed by atoms with Gasteiger partial charge in [-0.1, -0.05) is 18.2 Å². The van der Waals surface area contributed by atoms with E-state index in [1.807, 2.05) is 19.2 Å². The molecular weight excluding hydrogens is 280 g/mol. The van der Waals surface area contributed by atoms with Gasteiger partial charge in [-0.3, -0.25) is 4.79 Å². The molecule has 2 aliphatic rings. The van der Waals surface area contributed by atoms with Crippen LogP contribution in [0.15, 0.2) is 24.3 Å². The van der Waals surface area contributed by atoms with Gasteiger partial charge in [0.25, 0.3) is 0 Å². The smallest absolute Gasteiger partial charge is 0.311 e. The van der Waals surface area contributed by atoms with E-state index in [0.29, 0.717) is 13.2 Å². The summed E-state index contributed by atoms with van der Waals surface area (Å²) in [5.41, 5.74) is 3.46. The molecule has 2 unspecified atom stereocenters. The van der Waals surface area contributed by atoms with E-state index in [2.05, 4.69) is 16.7 Å². The van der Waals surface area contributed by atoms with Crippen LogP contribution in [0.25, 0.3) is 10.9 Å². The van der Waals surface area contributed by atoms with Crippen LogP contribution in [0, 0.1) is 5.92 Å². The fourth-order valence-electron chi connectivity index (χ4n) is 4.02. The van der Waals surface area contributed by atoms with Gasteiger partial charge in [0.1, 0.15) is 0 Å². The molecule has 1 aromatic heterocycles. The molecule has 0 amide bonds. The van der Waals surface area contributed by atoms with Gasteiger partial charge in [0.15, 0.2) is 0 Å². The maximum atomic E-state index is 12.2. The van der Waals surface area contributed by atoms with E-state index < -0.39 is 0 Å². The van der Waals surface area contributed by atoms with Crippen LogP contribution < -0.4 is 0 Å². The van der Waals surface area contributed by atoms with Crippen LogP contribution in [0.2, 0.25) is 0 Å². The van der Waals surface area contributed by atoms with Gasteiger partial charge in [0.2, 0.25) is 0 Å². The number of hydrogen-bond donors (Lipinski definition) is 1.